The quantitative estimate of drug-likeness (QED) is 0.842. The minimum atomic E-state index is -0.185. The lowest BCUT2D eigenvalue weighted by atomic mass is 10.2. The van der Waals surface area contributed by atoms with Crippen LogP contribution in [0.5, 0.6) is 5.75 Å². The molecule has 1 aliphatic rings. The number of benzene rings is 2. The van der Waals surface area contributed by atoms with Crippen LogP contribution >= 0.6 is 0 Å². The van der Waals surface area contributed by atoms with Crippen LogP contribution in [-0.2, 0) is 0 Å². The van der Waals surface area contributed by atoms with Crippen molar-refractivity contribution in [3.8, 4) is 5.75 Å². The van der Waals surface area contributed by atoms with E-state index < -0.39 is 0 Å². The van der Waals surface area contributed by atoms with Gasteiger partial charge in [0.15, 0.2) is 0 Å². The van der Waals surface area contributed by atoms with Crippen LogP contribution in [0.4, 0.5) is 11.4 Å². The molecule has 1 amide bonds. The second-order valence-corrected chi connectivity index (χ2v) is 5.60. The number of nitrogen functional groups attached to an aromatic ring is 1. The summed E-state index contributed by atoms with van der Waals surface area (Å²) in [5.41, 5.74) is 7.53. The summed E-state index contributed by atoms with van der Waals surface area (Å²) < 4.78 is 6.03. The van der Waals surface area contributed by atoms with Gasteiger partial charge < -0.3 is 15.8 Å². The van der Waals surface area contributed by atoms with Crippen molar-refractivity contribution in [1.82, 2.24) is 0 Å². The SMILES string of the molecule is Nc1cccc(C(=O)Nc2ccccc2OC2CCCC2)c1. The fraction of sp³-hybridized carbons (Fsp3) is 0.278. The zero-order valence-corrected chi connectivity index (χ0v) is 12.4. The number of carbonyl (C=O) groups is 1. The fourth-order valence-electron chi connectivity index (χ4n) is 2.73. The highest BCUT2D eigenvalue weighted by atomic mass is 16.5. The van der Waals surface area contributed by atoms with Crippen LogP contribution in [0.15, 0.2) is 48.5 Å². The Kier molecular flexibility index (Phi) is 4.28. The third kappa shape index (κ3) is 3.39. The molecule has 2 aromatic carbocycles. The first kappa shape index (κ1) is 14.4. The van der Waals surface area contributed by atoms with Gasteiger partial charge in [-0.05, 0) is 56.0 Å². The molecule has 22 heavy (non-hydrogen) atoms. The molecule has 4 nitrogen and oxygen atoms in total. The van der Waals surface area contributed by atoms with Gasteiger partial charge in [0.2, 0.25) is 0 Å². The van der Waals surface area contributed by atoms with Gasteiger partial charge in [-0.15, -0.1) is 0 Å². The Bertz CT molecular complexity index is 664. The lowest BCUT2D eigenvalue weighted by Crippen LogP contribution is -2.16. The molecule has 0 aromatic heterocycles. The number of anilines is 2. The zero-order chi connectivity index (χ0) is 15.4. The average molecular weight is 296 g/mol. The van der Waals surface area contributed by atoms with E-state index in [1.807, 2.05) is 24.3 Å². The lowest BCUT2D eigenvalue weighted by Gasteiger charge is -2.17. The van der Waals surface area contributed by atoms with E-state index in [9.17, 15) is 4.79 Å². The Balaban J connectivity index is 1.75. The van der Waals surface area contributed by atoms with Crippen LogP contribution in [0.25, 0.3) is 0 Å². The second kappa shape index (κ2) is 6.52. The van der Waals surface area contributed by atoms with Crippen molar-refractivity contribution in [2.24, 2.45) is 0 Å². The first-order valence-corrected chi connectivity index (χ1v) is 7.65. The predicted octanol–water partition coefficient (Wildman–Crippen LogP) is 3.84. The molecule has 1 fully saturated rings. The number of carbonyl (C=O) groups excluding carboxylic acids is 1. The smallest absolute Gasteiger partial charge is 0.255 e. The van der Waals surface area contributed by atoms with Crippen LogP contribution in [0, 0.1) is 0 Å². The van der Waals surface area contributed by atoms with Crippen molar-refractivity contribution < 1.29 is 9.53 Å². The zero-order valence-electron chi connectivity index (χ0n) is 12.4. The fourth-order valence-corrected chi connectivity index (χ4v) is 2.73. The minimum absolute atomic E-state index is 0.185. The molecule has 114 valence electrons. The number of para-hydroxylation sites is 2. The molecule has 0 unspecified atom stereocenters. The van der Waals surface area contributed by atoms with E-state index in [4.69, 9.17) is 10.5 Å². The summed E-state index contributed by atoms with van der Waals surface area (Å²) in [6.07, 6.45) is 4.84. The monoisotopic (exact) mass is 296 g/mol. The minimum Gasteiger partial charge on any atom is -0.488 e. The number of ether oxygens (including phenoxy) is 1. The molecule has 0 bridgehead atoms. The van der Waals surface area contributed by atoms with Gasteiger partial charge in [-0.25, -0.2) is 0 Å². The van der Waals surface area contributed by atoms with Crippen LogP contribution in [0.2, 0.25) is 0 Å². The van der Waals surface area contributed by atoms with Crippen molar-refractivity contribution in [3.63, 3.8) is 0 Å². The molecule has 0 spiro atoms. The standard InChI is InChI=1S/C18H20N2O2/c19-14-7-5-6-13(12-14)18(21)20-16-10-3-4-11-17(16)22-15-8-1-2-9-15/h3-7,10-12,15H,1-2,8-9,19H2,(H,20,21). The van der Waals surface area contributed by atoms with Gasteiger partial charge in [0, 0.05) is 11.3 Å². The molecular formula is C18H20N2O2. The Morgan fingerprint density at radius 1 is 1.09 bits per heavy atom. The maximum absolute atomic E-state index is 12.3. The molecule has 0 aliphatic heterocycles. The molecule has 3 N–H and O–H groups in total. The van der Waals surface area contributed by atoms with Gasteiger partial charge in [0.25, 0.3) is 5.91 Å². The van der Waals surface area contributed by atoms with Gasteiger partial charge >= 0.3 is 0 Å². The van der Waals surface area contributed by atoms with Crippen LogP contribution in [0.3, 0.4) is 0 Å². The van der Waals surface area contributed by atoms with E-state index in [1.165, 1.54) is 12.8 Å². The molecule has 4 heteroatoms. The average Bonchev–Trinajstić information content (AvgIpc) is 3.02. The summed E-state index contributed by atoms with van der Waals surface area (Å²) >= 11 is 0. The van der Waals surface area contributed by atoms with Gasteiger partial charge in [-0.3, -0.25) is 4.79 Å². The molecule has 0 saturated heterocycles. The Morgan fingerprint density at radius 3 is 2.64 bits per heavy atom. The molecule has 0 heterocycles. The Hall–Kier alpha value is -2.49. The summed E-state index contributed by atoms with van der Waals surface area (Å²) in [5.74, 6) is 0.543. The summed E-state index contributed by atoms with van der Waals surface area (Å²) in [4.78, 5) is 12.3. The highest BCUT2D eigenvalue weighted by Crippen LogP contribution is 2.30. The number of hydrogen-bond donors (Lipinski definition) is 2. The van der Waals surface area contributed by atoms with Crippen molar-refractivity contribution in [2.45, 2.75) is 31.8 Å². The van der Waals surface area contributed by atoms with Gasteiger partial charge in [-0.2, -0.15) is 0 Å². The molecule has 2 aromatic rings. The maximum Gasteiger partial charge on any atom is 0.255 e. The molecule has 1 aliphatic carbocycles. The third-order valence-electron chi connectivity index (χ3n) is 3.88. The van der Waals surface area contributed by atoms with Gasteiger partial charge in [-0.1, -0.05) is 18.2 Å². The highest BCUT2D eigenvalue weighted by Gasteiger charge is 2.18. The largest absolute Gasteiger partial charge is 0.488 e. The van der Waals surface area contributed by atoms with Gasteiger partial charge in [0.1, 0.15) is 5.75 Å². The summed E-state index contributed by atoms with van der Waals surface area (Å²) in [6, 6.07) is 14.5. The van der Waals surface area contributed by atoms with E-state index >= 15 is 0 Å². The van der Waals surface area contributed by atoms with Crippen LogP contribution < -0.4 is 15.8 Å². The highest BCUT2D eigenvalue weighted by molar-refractivity contribution is 6.05. The Labute approximate surface area is 130 Å². The van der Waals surface area contributed by atoms with E-state index in [0.717, 1.165) is 18.6 Å². The number of hydrogen-bond acceptors (Lipinski definition) is 3. The summed E-state index contributed by atoms with van der Waals surface area (Å²) in [7, 11) is 0. The van der Waals surface area contributed by atoms with Crippen LogP contribution in [-0.4, -0.2) is 12.0 Å². The second-order valence-electron chi connectivity index (χ2n) is 5.60. The summed E-state index contributed by atoms with van der Waals surface area (Å²) in [6.45, 7) is 0. The van der Waals surface area contributed by atoms with Crippen molar-refractivity contribution in [1.29, 1.82) is 0 Å². The first-order valence-electron chi connectivity index (χ1n) is 7.65. The molecule has 3 rings (SSSR count). The first-order chi connectivity index (χ1) is 10.7. The van der Waals surface area contributed by atoms with E-state index in [-0.39, 0.29) is 12.0 Å². The normalized spacial score (nSPS) is 14.7. The molecule has 1 saturated carbocycles. The van der Waals surface area contributed by atoms with Gasteiger partial charge in [0.05, 0.1) is 11.8 Å². The Morgan fingerprint density at radius 2 is 1.86 bits per heavy atom. The lowest BCUT2D eigenvalue weighted by molar-refractivity contribution is 0.102. The number of nitrogens with two attached hydrogens (primary N) is 1. The number of amides is 1. The van der Waals surface area contributed by atoms with E-state index in [0.29, 0.717) is 16.9 Å². The molecule has 0 atom stereocenters. The molecular weight excluding hydrogens is 276 g/mol. The predicted molar refractivity (Wildman–Crippen MR) is 88.1 cm³/mol. The van der Waals surface area contributed by atoms with Crippen LogP contribution in [0.1, 0.15) is 36.0 Å². The van der Waals surface area contributed by atoms with E-state index in [2.05, 4.69) is 5.32 Å². The third-order valence-corrected chi connectivity index (χ3v) is 3.88. The van der Waals surface area contributed by atoms with Crippen molar-refractivity contribution >= 4 is 17.3 Å². The molecule has 0 radical (unpaired) electrons. The van der Waals surface area contributed by atoms with Crippen molar-refractivity contribution in [3.05, 3.63) is 54.1 Å². The van der Waals surface area contributed by atoms with Crippen molar-refractivity contribution in [2.75, 3.05) is 11.1 Å². The maximum atomic E-state index is 12.3. The topological polar surface area (TPSA) is 64.4 Å². The number of rotatable bonds is 4. The van der Waals surface area contributed by atoms with E-state index in [1.54, 1.807) is 24.3 Å². The summed E-state index contributed by atoms with van der Waals surface area (Å²) in [5, 5.41) is 2.91. The number of nitrogens with one attached hydrogen (secondary N) is 1.